The first-order chi connectivity index (χ1) is 14.5. The molecule has 2 aromatic carbocycles. The van der Waals surface area contributed by atoms with Crippen LogP contribution in [0.25, 0.3) is 0 Å². The van der Waals surface area contributed by atoms with Crippen molar-refractivity contribution in [3.05, 3.63) is 59.2 Å². The third-order valence-corrected chi connectivity index (χ3v) is 4.26. The molecule has 0 bridgehead atoms. The molecule has 3 unspecified atom stereocenters. The summed E-state index contributed by atoms with van der Waals surface area (Å²) in [5, 5.41) is 35.4. The molecular formula is C21H24O9. The average Bonchev–Trinajstić information content (AvgIpc) is 2.76. The van der Waals surface area contributed by atoms with Crippen molar-refractivity contribution in [2.24, 2.45) is 0 Å². The molecule has 0 aliphatic carbocycles. The van der Waals surface area contributed by atoms with E-state index >= 15 is 0 Å². The third-order valence-electron chi connectivity index (χ3n) is 4.26. The molecule has 2 aromatic rings. The monoisotopic (exact) mass is 420 g/mol. The SMILES string of the molecule is CO.O=Cc1c(OCc2ccc(C(=O)O)cc2)cccc1OC1OCC(O)CC1O. The molecule has 0 saturated carbocycles. The summed E-state index contributed by atoms with van der Waals surface area (Å²) in [7, 11) is 1.00. The number of carbonyl (C=O) groups excluding carboxylic acids is 1. The largest absolute Gasteiger partial charge is 0.488 e. The molecular weight excluding hydrogens is 396 g/mol. The minimum absolute atomic E-state index is 0.0285. The van der Waals surface area contributed by atoms with Gasteiger partial charge < -0.3 is 34.6 Å². The van der Waals surface area contributed by atoms with Gasteiger partial charge in [-0.3, -0.25) is 4.79 Å². The van der Waals surface area contributed by atoms with Crippen LogP contribution in [0.2, 0.25) is 0 Å². The van der Waals surface area contributed by atoms with E-state index in [1.807, 2.05) is 0 Å². The van der Waals surface area contributed by atoms with Crippen LogP contribution in [0.4, 0.5) is 0 Å². The lowest BCUT2D eigenvalue weighted by Gasteiger charge is -2.31. The van der Waals surface area contributed by atoms with Crippen LogP contribution < -0.4 is 9.47 Å². The van der Waals surface area contributed by atoms with Crippen LogP contribution in [0.5, 0.6) is 11.5 Å². The summed E-state index contributed by atoms with van der Waals surface area (Å²) in [6, 6.07) is 11.0. The second kappa shape index (κ2) is 11.3. The summed E-state index contributed by atoms with van der Waals surface area (Å²) in [5.41, 5.74) is 1.06. The molecule has 0 amide bonds. The number of aldehydes is 1. The standard InChI is InChI=1S/C20H20O8.CH4O/c21-9-15-17(26-10-12-4-6-13(7-5-12)19(24)25)2-1-3-18(15)28-20-16(23)8-14(22)11-27-20;1-2/h1-7,9,14,16,20,22-23H,8,10-11H2,(H,24,25);2H,1H3. The van der Waals surface area contributed by atoms with Crippen molar-refractivity contribution < 1.29 is 44.2 Å². The molecule has 4 N–H and O–H groups in total. The van der Waals surface area contributed by atoms with E-state index in [1.54, 1.807) is 30.3 Å². The lowest BCUT2D eigenvalue weighted by Crippen LogP contribution is -2.44. The zero-order chi connectivity index (χ0) is 22.1. The van der Waals surface area contributed by atoms with E-state index in [9.17, 15) is 19.8 Å². The lowest BCUT2D eigenvalue weighted by molar-refractivity contribution is -0.198. The number of aliphatic hydroxyl groups is 3. The van der Waals surface area contributed by atoms with Crippen LogP contribution >= 0.6 is 0 Å². The maximum atomic E-state index is 11.6. The van der Waals surface area contributed by atoms with Crippen molar-refractivity contribution in [2.75, 3.05) is 13.7 Å². The fourth-order valence-electron chi connectivity index (χ4n) is 2.79. The molecule has 9 heteroatoms. The molecule has 0 spiro atoms. The molecule has 1 aliphatic heterocycles. The van der Waals surface area contributed by atoms with Gasteiger partial charge in [0.2, 0.25) is 6.29 Å². The first-order valence-corrected chi connectivity index (χ1v) is 9.10. The molecule has 0 aromatic heterocycles. The van der Waals surface area contributed by atoms with Gasteiger partial charge in [0, 0.05) is 13.5 Å². The zero-order valence-corrected chi connectivity index (χ0v) is 16.3. The Morgan fingerprint density at radius 3 is 2.40 bits per heavy atom. The normalized spacial score (nSPS) is 20.5. The minimum Gasteiger partial charge on any atom is -0.488 e. The second-order valence-electron chi connectivity index (χ2n) is 6.35. The van der Waals surface area contributed by atoms with Gasteiger partial charge in [0.25, 0.3) is 0 Å². The van der Waals surface area contributed by atoms with E-state index < -0.39 is 24.5 Å². The predicted octanol–water partition coefficient (Wildman–Crippen LogP) is 1.23. The number of aliphatic hydroxyl groups excluding tert-OH is 3. The number of carbonyl (C=O) groups is 2. The van der Waals surface area contributed by atoms with E-state index in [1.165, 1.54) is 12.1 Å². The quantitative estimate of drug-likeness (QED) is 0.486. The molecule has 162 valence electrons. The first kappa shape index (κ1) is 23.3. The minimum atomic E-state index is -1.03. The highest BCUT2D eigenvalue weighted by Gasteiger charge is 2.31. The number of carboxylic acids is 1. The highest BCUT2D eigenvalue weighted by molar-refractivity contribution is 5.87. The van der Waals surface area contributed by atoms with Gasteiger partial charge in [0.15, 0.2) is 6.29 Å². The van der Waals surface area contributed by atoms with Gasteiger partial charge in [-0.05, 0) is 29.8 Å². The second-order valence-corrected chi connectivity index (χ2v) is 6.35. The van der Waals surface area contributed by atoms with Crippen molar-refractivity contribution in [2.45, 2.75) is 31.5 Å². The highest BCUT2D eigenvalue weighted by Crippen LogP contribution is 2.30. The van der Waals surface area contributed by atoms with Gasteiger partial charge in [0.05, 0.1) is 23.8 Å². The smallest absolute Gasteiger partial charge is 0.335 e. The summed E-state index contributed by atoms with van der Waals surface area (Å²) in [5.74, 6) is -0.547. The van der Waals surface area contributed by atoms with Gasteiger partial charge >= 0.3 is 5.97 Å². The molecule has 1 heterocycles. The van der Waals surface area contributed by atoms with Gasteiger partial charge in [-0.15, -0.1) is 0 Å². The zero-order valence-electron chi connectivity index (χ0n) is 16.3. The Bertz CT molecular complexity index is 835. The Balaban J connectivity index is 0.00000155. The first-order valence-electron chi connectivity index (χ1n) is 9.10. The molecule has 3 atom stereocenters. The van der Waals surface area contributed by atoms with Crippen LogP contribution in [-0.4, -0.2) is 64.9 Å². The lowest BCUT2D eigenvalue weighted by atomic mass is 10.1. The Morgan fingerprint density at radius 2 is 1.80 bits per heavy atom. The molecule has 30 heavy (non-hydrogen) atoms. The van der Waals surface area contributed by atoms with Crippen molar-refractivity contribution in [3.63, 3.8) is 0 Å². The molecule has 1 saturated heterocycles. The summed E-state index contributed by atoms with van der Waals surface area (Å²) < 4.78 is 16.6. The highest BCUT2D eigenvalue weighted by atomic mass is 16.7. The van der Waals surface area contributed by atoms with E-state index in [-0.39, 0.29) is 42.3 Å². The average molecular weight is 420 g/mol. The number of hydrogen-bond donors (Lipinski definition) is 4. The van der Waals surface area contributed by atoms with Gasteiger partial charge in [-0.25, -0.2) is 4.79 Å². The maximum absolute atomic E-state index is 11.6. The molecule has 3 rings (SSSR count). The number of hydrogen-bond acceptors (Lipinski definition) is 8. The Hall–Kier alpha value is -2.98. The van der Waals surface area contributed by atoms with Crippen LogP contribution in [0.3, 0.4) is 0 Å². The Labute approximate surface area is 173 Å². The fourth-order valence-corrected chi connectivity index (χ4v) is 2.79. The van der Waals surface area contributed by atoms with Crippen LogP contribution in [-0.2, 0) is 11.3 Å². The van der Waals surface area contributed by atoms with Gasteiger partial charge in [-0.2, -0.15) is 0 Å². The topological polar surface area (TPSA) is 143 Å². The van der Waals surface area contributed by atoms with Crippen LogP contribution in [0.1, 0.15) is 32.7 Å². The van der Waals surface area contributed by atoms with Crippen molar-refractivity contribution in [1.82, 2.24) is 0 Å². The fraction of sp³-hybridized carbons (Fsp3) is 0.333. The van der Waals surface area contributed by atoms with E-state index in [4.69, 9.17) is 24.4 Å². The number of carboxylic acid groups (broad SMARTS) is 1. The summed E-state index contributed by atoms with van der Waals surface area (Å²) in [6.07, 6.45) is -2.09. The van der Waals surface area contributed by atoms with Crippen molar-refractivity contribution in [1.29, 1.82) is 0 Å². The third kappa shape index (κ3) is 6.01. The Kier molecular flexibility index (Phi) is 8.75. The molecule has 1 aliphatic rings. The van der Waals surface area contributed by atoms with Crippen molar-refractivity contribution >= 4 is 12.3 Å². The maximum Gasteiger partial charge on any atom is 0.335 e. The summed E-state index contributed by atoms with van der Waals surface area (Å²) >= 11 is 0. The number of aromatic carboxylic acids is 1. The van der Waals surface area contributed by atoms with Crippen LogP contribution in [0, 0.1) is 0 Å². The van der Waals surface area contributed by atoms with Crippen LogP contribution in [0.15, 0.2) is 42.5 Å². The molecule has 9 nitrogen and oxygen atoms in total. The Morgan fingerprint density at radius 1 is 1.13 bits per heavy atom. The van der Waals surface area contributed by atoms with Gasteiger partial charge in [-0.1, -0.05) is 18.2 Å². The molecule has 1 fully saturated rings. The van der Waals surface area contributed by atoms with E-state index in [0.717, 1.165) is 12.7 Å². The summed E-state index contributed by atoms with van der Waals surface area (Å²) in [6.45, 7) is 0.152. The van der Waals surface area contributed by atoms with E-state index in [0.29, 0.717) is 6.29 Å². The molecule has 0 radical (unpaired) electrons. The predicted molar refractivity (Wildman–Crippen MR) is 105 cm³/mol. The van der Waals surface area contributed by atoms with Crippen molar-refractivity contribution in [3.8, 4) is 11.5 Å². The number of rotatable bonds is 7. The van der Waals surface area contributed by atoms with Gasteiger partial charge in [0.1, 0.15) is 24.2 Å². The number of ether oxygens (including phenoxy) is 3. The number of benzene rings is 2. The summed E-state index contributed by atoms with van der Waals surface area (Å²) in [4.78, 5) is 22.5. The van der Waals surface area contributed by atoms with E-state index in [2.05, 4.69) is 0 Å².